The summed E-state index contributed by atoms with van der Waals surface area (Å²) in [6, 6.07) is 0. The lowest BCUT2D eigenvalue weighted by Gasteiger charge is -1.99. The van der Waals surface area contributed by atoms with Crippen LogP contribution in [0.2, 0.25) is 0 Å². The van der Waals surface area contributed by atoms with Gasteiger partial charge in [-0.3, -0.25) is 0 Å². The minimum atomic E-state index is 0.393. The third-order valence-electron chi connectivity index (χ3n) is 1.11. The first-order chi connectivity index (χ1) is 5.18. The third-order valence-corrected chi connectivity index (χ3v) is 2.19. The molecule has 62 valence electrons. The normalized spacial score (nSPS) is 10.8. The monoisotopic (exact) mass is 172 g/mol. The quantitative estimate of drug-likeness (QED) is 0.756. The number of hydrogen-bond acceptors (Lipinski definition) is 4. The number of nitrogens with two attached hydrogens (primary N) is 1. The Labute approximate surface area is 70.4 Å². The molecule has 0 unspecified atom stereocenters. The van der Waals surface area contributed by atoms with Gasteiger partial charge < -0.3 is 10.2 Å². The van der Waals surface area contributed by atoms with Crippen LogP contribution in [-0.4, -0.2) is 10.2 Å². The van der Waals surface area contributed by atoms with Crippen LogP contribution < -0.4 is 5.73 Å². The third kappa shape index (κ3) is 2.84. The van der Waals surface area contributed by atoms with Crippen molar-refractivity contribution in [2.45, 2.75) is 24.9 Å². The van der Waals surface area contributed by atoms with Gasteiger partial charge in [0.1, 0.15) is 0 Å². The van der Waals surface area contributed by atoms with E-state index in [9.17, 15) is 0 Å². The second-order valence-corrected chi connectivity index (χ2v) is 4.08. The van der Waals surface area contributed by atoms with Crippen LogP contribution in [0.3, 0.4) is 0 Å². The minimum Gasteiger partial charge on any atom is -0.425 e. The van der Waals surface area contributed by atoms with Crippen molar-refractivity contribution in [2.75, 3.05) is 5.73 Å². The number of rotatable bonds is 3. The summed E-state index contributed by atoms with van der Waals surface area (Å²) in [5.74, 6) is 1.90. The van der Waals surface area contributed by atoms with Gasteiger partial charge in [-0.2, -0.15) is 0 Å². The first-order valence-electron chi connectivity index (χ1n) is 3.50. The summed E-state index contributed by atoms with van der Waals surface area (Å²) in [6.07, 6.45) is 1.54. The van der Waals surface area contributed by atoms with Crippen LogP contribution in [0.25, 0.3) is 0 Å². The molecule has 0 amide bonds. The molecular formula is C7H12N2OS. The molecule has 0 saturated carbocycles. The molecule has 0 aliphatic rings. The molecular weight excluding hydrogens is 160 g/mol. The lowest BCUT2D eigenvalue weighted by molar-refractivity contribution is 0.534. The molecule has 3 nitrogen and oxygen atoms in total. The van der Waals surface area contributed by atoms with Gasteiger partial charge in [0, 0.05) is 0 Å². The van der Waals surface area contributed by atoms with E-state index in [1.807, 2.05) is 0 Å². The second-order valence-electron chi connectivity index (χ2n) is 2.52. The van der Waals surface area contributed by atoms with E-state index in [-0.39, 0.29) is 0 Å². The van der Waals surface area contributed by atoms with Gasteiger partial charge in [0.25, 0.3) is 0 Å². The molecule has 0 atom stereocenters. The van der Waals surface area contributed by atoms with Gasteiger partial charge in [-0.15, -0.1) is 11.8 Å². The average molecular weight is 172 g/mol. The summed E-state index contributed by atoms with van der Waals surface area (Å²) < 4.78 is 5.08. The molecule has 0 bridgehead atoms. The van der Waals surface area contributed by atoms with Crippen LogP contribution >= 0.6 is 11.8 Å². The van der Waals surface area contributed by atoms with Crippen molar-refractivity contribution in [3.63, 3.8) is 0 Å². The van der Waals surface area contributed by atoms with Gasteiger partial charge in [0.05, 0.1) is 11.9 Å². The summed E-state index contributed by atoms with van der Waals surface area (Å²) >= 11 is 1.79. The van der Waals surface area contributed by atoms with Gasteiger partial charge in [0.15, 0.2) is 0 Å². The number of oxazole rings is 1. The Kier molecular flexibility index (Phi) is 2.82. The first kappa shape index (κ1) is 8.46. The van der Waals surface area contributed by atoms with Crippen molar-refractivity contribution in [1.82, 2.24) is 4.98 Å². The van der Waals surface area contributed by atoms with E-state index in [2.05, 4.69) is 18.8 Å². The van der Waals surface area contributed by atoms with Gasteiger partial charge in [-0.1, -0.05) is 13.8 Å². The van der Waals surface area contributed by atoms with E-state index in [1.54, 1.807) is 11.8 Å². The van der Waals surface area contributed by atoms with Crippen LogP contribution in [0.4, 0.5) is 5.88 Å². The first-order valence-corrected chi connectivity index (χ1v) is 4.55. The van der Waals surface area contributed by atoms with Crippen LogP contribution in [0.1, 0.15) is 19.7 Å². The molecule has 0 spiro atoms. The Morgan fingerprint density at radius 1 is 1.73 bits per heavy atom. The molecule has 1 heterocycles. The summed E-state index contributed by atoms with van der Waals surface area (Å²) in [5.41, 5.74) is 5.35. The molecule has 4 heteroatoms. The van der Waals surface area contributed by atoms with E-state index in [0.717, 1.165) is 5.75 Å². The maximum atomic E-state index is 5.35. The number of aromatic nitrogens is 1. The number of thioether (sulfide) groups is 1. The van der Waals surface area contributed by atoms with Crippen LogP contribution in [0, 0.1) is 0 Å². The summed E-state index contributed by atoms with van der Waals surface area (Å²) in [6.45, 7) is 4.27. The number of hydrogen-bond donors (Lipinski definition) is 1. The van der Waals surface area contributed by atoms with E-state index in [0.29, 0.717) is 17.0 Å². The molecule has 1 rings (SSSR count). The Balaban J connectivity index is 2.39. The summed E-state index contributed by atoms with van der Waals surface area (Å²) in [4.78, 5) is 3.98. The zero-order chi connectivity index (χ0) is 8.27. The molecule has 2 N–H and O–H groups in total. The zero-order valence-corrected chi connectivity index (χ0v) is 7.52. The van der Waals surface area contributed by atoms with Crippen molar-refractivity contribution < 1.29 is 4.42 Å². The van der Waals surface area contributed by atoms with E-state index >= 15 is 0 Å². The largest absolute Gasteiger partial charge is 0.425 e. The molecule has 0 radical (unpaired) electrons. The van der Waals surface area contributed by atoms with Gasteiger partial charge in [0.2, 0.25) is 11.8 Å². The molecule has 0 fully saturated rings. The Hall–Kier alpha value is -0.640. The molecule has 0 aliphatic carbocycles. The Morgan fingerprint density at radius 3 is 2.91 bits per heavy atom. The van der Waals surface area contributed by atoms with Crippen LogP contribution in [0.15, 0.2) is 10.6 Å². The molecule has 0 aromatic carbocycles. The highest BCUT2D eigenvalue weighted by atomic mass is 32.2. The number of nitrogen functional groups attached to an aromatic ring is 1. The maximum Gasteiger partial charge on any atom is 0.211 e. The Bertz CT molecular complexity index is 222. The molecule has 0 aliphatic heterocycles. The standard InChI is InChI=1S/C7H12N2OS/c1-5(2)11-4-7-9-3-6(8)10-7/h3,5H,4,8H2,1-2H3. The fourth-order valence-electron chi connectivity index (χ4n) is 0.629. The SMILES string of the molecule is CC(C)SCc1ncc(N)o1. The van der Waals surface area contributed by atoms with E-state index in [1.165, 1.54) is 6.20 Å². The minimum absolute atomic E-state index is 0.393. The van der Waals surface area contributed by atoms with E-state index in [4.69, 9.17) is 10.2 Å². The van der Waals surface area contributed by atoms with Crippen LogP contribution in [-0.2, 0) is 5.75 Å². The van der Waals surface area contributed by atoms with Crippen molar-refractivity contribution >= 4 is 17.6 Å². The van der Waals surface area contributed by atoms with Gasteiger partial charge in [-0.25, -0.2) is 4.98 Å². The maximum absolute atomic E-state index is 5.35. The predicted octanol–water partition coefficient (Wildman–Crippen LogP) is 1.90. The summed E-state index contributed by atoms with van der Waals surface area (Å²) in [5, 5.41) is 0.600. The molecule has 11 heavy (non-hydrogen) atoms. The highest BCUT2D eigenvalue weighted by Crippen LogP contribution is 2.17. The number of nitrogens with zero attached hydrogens (tertiary/aromatic N) is 1. The topological polar surface area (TPSA) is 52.0 Å². The van der Waals surface area contributed by atoms with E-state index < -0.39 is 0 Å². The molecule has 0 saturated heterocycles. The van der Waals surface area contributed by atoms with Crippen molar-refractivity contribution in [3.8, 4) is 0 Å². The lowest BCUT2D eigenvalue weighted by atomic mass is 10.6. The second kappa shape index (κ2) is 3.67. The zero-order valence-electron chi connectivity index (χ0n) is 6.70. The highest BCUT2D eigenvalue weighted by Gasteiger charge is 2.01. The summed E-state index contributed by atoms with van der Waals surface area (Å²) in [7, 11) is 0. The molecule has 1 aromatic rings. The Morgan fingerprint density at radius 2 is 2.45 bits per heavy atom. The molecule has 1 aromatic heterocycles. The average Bonchev–Trinajstić information content (AvgIpc) is 2.31. The van der Waals surface area contributed by atoms with Gasteiger partial charge in [-0.05, 0) is 5.25 Å². The van der Waals surface area contributed by atoms with Crippen molar-refractivity contribution in [3.05, 3.63) is 12.1 Å². The highest BCUT2D eigenvalue weighted by molar-refractivity contribution is 7.99. The van der Waals surface area contributed by atoms with Crippen molar-refractivity contribution in [1.29, 1.82) is 0 Å². The number of anilines is 1. The fraction of sp³-hybridized carbons (Fsp3) is 0.571. The van der Waals surface area contributed by atoms with Crippen molar-refractivity contribution in [2.24, 2.45) is 0 Å². The van der Waals surface area contributed by atoms with Crippen LogP contribution in [0.5, 0.6) is 0 Å². The predicted molar refractivity (Wildman–Crippen MR) is 47.3 cm³/mol. The fourth-order valence-corrected chi connectivity index (χ4v) is 1.24. The van der Waals surface area contributed by atoms with Gasteiger partial charge >= 0.3 is 0 Å². The lowest BCUT2D eigenvalue weighted by Crippen LogP contribution is -1.88. The smallest absolute Gasteiger partial charge is 0.211 e.